The Balaban J connectivity index is 1.36. The van der Waals surface area contributed by atoms with Gasteiger partial charge in [-0.3, -0.25) is 0 Å². The minimum atomic E-state index is -0.560. The van der Waals surface area contributed by atoms with Gasteiger partial charge in [-0.25, -0.2) is 14.2 Å². The van der Waals surface area contributed by atoms with Crippen molar-refractivity contribution in [3.05, 3.63) is 74.4 Å². The summed E-state index contributed by atoms with van der Waals surface area (Å²) in [6, 6.07) is 9.12. The number of esters is 1. The summed E-state index contributed by atoms with van der Waals surface area (Å²) in [7, 11) is 0. The monoisotopic (exact) mass is 435 g/mol. The highest BCUT2D eigenvalue weighted by atomic mass is 35.5. The van der Waals surface area contributed by atoms with Crippen molar-refractivity contribution in [1.29, 1.82) is 0 Å². The standard InChI is InChI=1S/C20H15ClFNO5S/c21-14-5-12-7-25-11-28-19(12)13(6-14)8-27-20(24)17-10-29-18(23-17)9-26-16-3-1-15(22)2-4-16/h1-6,10H,7-9,11H2. The number of halogens is 2. The molecule has 4 rings (SSSR count). The molecular formula is C20H15ClFNO5S. The van der Waals surface area contributed by atoms with Crippen LogP contribution in [0.25, 0.3) is 0 Å². The van der Waals surface area contributed by atoms with Crippen LogP contribution < -0.4 is 9.47 Å². The van der Waals surface area contributed by atoms with Gasteiger partial charge in [0.05, 0.1) is 6.61 Å². The van der Waals surface area contributed by atoms with Crippen LogP contribution in [0.4, 0.5) is 4.39 Å². The second-order valence-corrected chi connectivity index (χ2v) is 7.49. The smallest absolute Gasteiger partial charge is 0.358 e. The number of nitrogens with zero attached hydrogens (tertiary/aromatic N) is 1. The molecule has 0 fully saturated rings. The van der Waals surface area contributed by atoms with Gasteiger partial charge < -0.3 is 18.9 Å². The number of fused-ring (bicyclic) bond motifs is 1. The third kappa shape index (κ3) is 4.84. The molecule has 0 atom stereocenters. The molecule has 1 aliphatic heterocycles. The average Bonchev–Trinajstić information content (AvgIpc) is 3.20. The molecule has 1 aromatic heterocycles. The van der Waals surface area contributed by atoms with Gasteiger partial charge in [0.2, 0.25) is 0 Å². The van der Waals surface area contributed by atoms with Crippen molar-refractivity contribution in [2.24, 2.45) is 0 Å². The lowest BCUT2D eigenvalue weighted by Crippen LogP contribution is -2.14. The quantitative estimate of drug-likeness (QED) is 0.521. The van der Waals surface area contributed by atoms with E-state index in [1.54, 1.807) is 17.5 Å². The second kappa shape index (κ2) is 8.77. The fourth-order valence-electron chi connectivity index (χ4n) is 2.73. The maximum absolute atomic E-state index is 12.9. The molecule has 3 aromatic rings. The normalized spacial score (nSPS) is 12.8. The first kappa shape index (κ1) is 19.6. The minimum absolute atomic E-state index is 0.000661. The largest absolute Gasteiger partial charge is 0.486 e. The van der Waals surface area contributed by atoms with E-state index in [4.69, 9.17) is 30.5 Å². The SMILES string of the molecule is O=C(OCc1cc(Cl)cc2c1OCOC2)c1csc(COc2ccc(F)cc2)n1. The Kier molecular flexibility index (Phi) is 5.94. The molecule has 0 saturated heterocycles. The number of thiazole rings is 1. The summed E-state index contributed by atoms with van der Waals surface area (Å²) in [4.78, 5) is 16.6. The van der Waals surface area contributed by atoms with E-state index in [0.717, 1.165) is 5.56 Å². The zero-order valence-corrected chi connectivity index (χ0v) is 16.6. The first-order chi connectivity index (χ1) is 14.1. The molecule has 29 heavy (non-hydrogen) atoms. The van der Waals surface area contributed by atoms with E-state index in [0.29, 0.717) is 33.7 Å². The first-order valence-corrected chi connectivity index (χ1v) is 9.86. The van der Waals surface area contributed by atoms with Crippen molar-refractivity contribution in [2.45, 2.75) is 19.8 Å². The van der Waals surface area contributed by atoms with Crippen LogP contribution in [0.5, 0.6) is 11.5 Å². The third-order valence-electron chi connectivity index (χ3n) is 4.05. The Morgan fingerprint density at radius 2 is 2.07 bits per heavy atom. The number of aromatic nitrogens is 1. The van der Waals surface area contributed by atoms with Crippen molar-refractivity contribution in [3.63, 3.8) is 0 Å². The van der Waals surface area contributed by atoms with Crippen molar-refractivity contribution in [1.82, 2.24) is 4.98 Å². The lowest BCUT2D eigenvalue weighted by atomic mass is 10.1. The van der Waals surface area contributed by atoms with Crippen LogP contribution in [0.3, 0.4) is 0 Å². The molecule has 2 heterocycles. The average molecular weight is 436 g/mol. The van der Waals surface area contributed by atoms with Gasteiger partial charge in [0, 0.05) is 21.5 Å². The van der Waals surface area contributed by atoms with Crippen LogP contribution in [0.15, 0.2) is 41.8 Å². The third-order valence-corrected chi connectivity index (χ3v) is 5.09. The fourth-order valence-corrected chi connectivity index (χ4v) is 3.67. The molecule has 0 saturated carbocycles. The highest BCUT2D eigenvalue weighted by Crippen LogP contribution is 2.32. The van der Waals surface area contributed by atoms with Crippen molar-refractivity contribution in [2.75, 3.05) is 6.79 Å². The molecule has 0 spiro atoms. The van der Waals surface area contributed by atoms with Gasteiger partial charge in [-0.05, 0) is 36.4 Å². The summed E-state index contributed by atoms with van der Waals surface area (Å²) >= 11 is 7.39. The van der Waals surface area contributed by atoms with E-state index in [-0.39, 0.29) is 31.5 Å². The summed E-state index contributed by atoms with van der Waals surface area (Å²) in [6.45, 7) is 0.694. The summed E-state index contributed by atoms with van der Waals surface area (Å²) in [5.41, 5.74) is 1.66. The summed E-state index contributed by atoms with van der Waals surface area (Å²) < 4.78 is 34.6. The first-order valence-electron chi connectivity index (χ1n) is 8.60. The van der Waals surface area contributed by atoms with Crippen LogP contribution in [0, 0.1) is 5.82 Å². The number of carbonyl (C=O) groups is 1. The van der Waals surface area contributed by atoms with Gasteiger partial charge in [0.1, 0.15) is 35.5 Å². The zero-order valence-electron chi connectivity index (χ0n) is 15.0. The molecule has 6 nitrogen and oxygen atoms in total. The number of benzene rings is 2. The molecule has 0 unspecified atom stereocenters. The van der Waals surface area contributed by atoms with Gasteiger partial charge in [-0.2, -0.15) is 0 Å². The Labute approximate surface area is 174 Å². The summed E-state index contributed by atoms with van der Waals surface area (Å²) in [5.74, 6) is 0.242. The van der Waals surface area contributed by atoms with Crippen molar-refractivity contribution in [3.8, 4) is 11.5 Å². The summed E-state index contributed by atoms with van der Waals surface area (Å²) in [5, 5.41) is 2.71. The maximum atomic E-state index is 12.9. The maximum Gasteiger partial charge on any atom is 0.358 e. The van der Waals surface area contributed by atoms with Crippen molar-refractivity contribution < 1.29 is 28.1 Å². The van der Waals surface area contributed by atoms with Gasteiger partial charge in [-0.1, -0.05) is 11.6 Å². The van der Waals surface area contributed by atoms with Crippen LogP contribution >= 0.6 is 22.9 Å². The van der Waals surface area contributed by atoms with E-state index in [2.05, 4.69) is 4.98 Å². The Morgan fingerprint density at radius 3 is 2.90 bits per heavy atom. The van der Waals surface area contributed by atoms with Gasteiger partial charge in [-0.15, -0.1) is 11.3 Å². The Morgan fingerprint density at radius 1 is 1.24 bits per heavy atom. The second-order valence-electron chi connectivity index (χ2n) is 6.11. The molecular weight excluding hydrogens is 421 g/mol. The molecule has 9 heteroatoms. The lowest BCUT2D eigenvalue weighted by Gasteiger charge is -2.20. The van der Waals surface area contributed by atoms with Crippen LogP contribution in [-0.4, -0.2) is 17.7 Å². The number of hydrogen-bond donors (Lipinski definition) is 0. The van der Waals surface area contributed by atoms with E-state index >= 15 is 0 Å². The predicted octanol–water partition coefficient (Wildman–Crippen LogP) is 4.74. The van der Waals surface area contributed by atoms with Gasteiger partial charge >= 0.3 is 5.97 Å². The molecule has 0 bridgehead atoms. The Bertz CT molecular complexity index is 1020. The van der Waals surface area contributed by atoms with E-state index in [1.165, 1.54) is 35.6 Å². The van der Waals surface area contributed by atoms with E-state index in [1.807, 2.05) is 0 Å². The topological polar surface area (TPSA) is 66.9 Å². The predicted molar refractivity (Wildman–Crippen MR) is 104 cm³/mol. The molecule has 150 valence electrons. The Hall–Kier alpha value is -2.68. The number of hydrogen-bond acceptors (Lipinski definition) is 7. The lowest BCUT2D eigenvalue weighted by molar-refractivity contribution is -0.0180. The summed E-state index contributed by atoms with van der Waals surface area (Å²) in [6.07, 6.45) is 0. The van der Waals surface area contributed by atoms with Gasteiger partial charge in [0.15, 0.2) is 12.5 Å². The number of rotatable bonds is 6. The van der Waals surface area contributed by atoms with E-state index < -0.39 is 5.97 Å². The molecule has 0 aliphatic carbocycles. The van der Waals surface area contributed by atoms with Crippen LogP contribution in [-0.2, 0) is 29.3 Å². The molecule has 1 aliphatic rings. The number of carbonyl (C=O) groups excluding carboxylic acids is 1. The zero-order chi connectivity index (χ0) is 20.2. The molecule has 0 amide bonds. The van der Waals surface area contributed by atoms with E-state index in [9.17, 15) is 9.18 Å². The molecule has 0 radical (unpaired) electrons. The molecule has 0 N–H and O–H groups in total. The fraction of sp³-hybridized carbons (Fsp3) is 0.200. The van der Waals surface area contributed by atoms with Crippen LogP contribution in [0.1, 0.15) is 26.6 Å². The highest BCUT2D eigenvalue weighted by molar-refractivity contribution is 7.09. The molecule has 2 aromatic carbocycles. The van der Waals surface area contributed by atoms with Crippen LogP contribution in [0.2, 0.25) is 5.02 Å². The van der Waals surface area contributed by atoms with Gasteiger partial charge in [0.25, 0.3) is 0 Å². The highest BCUT2D eigenvalue weighted by Gasteiger charge is 2.19. The minimum Gasteiger partial charge on any atom is -0.486 e. The van der Waals surface area contributed by atoms with Crippen molar-refractivity contribution >= 4 is 28.9 Å². The number of ether oxygens (including phenoxy) is 4.